The molecule has 0 bridgehead atoms. The van der Waals surface area contributed by atoms with Crippen molar-refractivity contribution < 1.29 is 5.11 Å². The highest BCUT2D eigenvalue weighted by molar-refractivity contribution is 5.62. The Morgan fingerprint density at radius 2 is 1.91 bits per heavy atom. The molecule has 0 saturated carbocycles. The van der Waals surface area contributed by atoms with E-state index in [2.05, 4.69) is 40.5 Å². The predicted molar refractivity (Wildman–Crippen MR) is 88.3 cm³/mol. The number of likely N-dealkylation sites (tertiary alicyclic amines) is 1. The highest BCUT2D eigenvalue weighted by Crippen LogP contribution is 2.26. The van der Waals surface area contributed by atoms with Gasteiger partial charge in [-0.25, -0.2) is 0 Å². The molecular formula is C18H25N3O. The molecule has 1 aromatic carbocycles. The van der Waals surface area contributed by atoms with Gasteiger partial charge < -0.3 is 5.11 Å². The van der Waals surface area contributed by atoms with Gasteiger partial charge in [-0.05, 0) is 38.8 Å². The molecule has 1 fully saturated rings. The minimum Gasteiger partial charge on any atom is -0.393 e. The van der Waals surface area contributed by atoms with Crippen molar-refractivity contribution in [1.29, 1.82) is 0 Å². The fourth-order valence-corrected chi connectivity index (χ4v) is 3.33. The first kappa shape index (κ1) is 15.3. The van der Waals surface area contributed by atoms with Crippen LogP contribution >= 0.6 is 0 Å². The SMILES string of the molecule is CC(O)C1CCN(Cc2cn(C)nc2-c2ccccc2)CC1. The van der Waals surface area contributed by atoms with Crippen LogP contribution < -0.4 is 0 Å². The molecule has 1 aromatic heterocycles. The van der Waals surface area contributed by atoms with Crippen molar-refractivity contribution in [2.45, 2.75) is 32.4 Å². The number of hydrogen-bond donors (Lipinski definition) is 1. The number of hydrogen-bond acceptors (Lipinski definition) is 3. The van der Waals surface area contributed by atoms with Crippen molar-refractivity contribution >= 4 is 0 Å². The van der Waals surface area contributed by atoms with Crippen LogP contribution in [0.25, 0.3) is 11.3 Å². The lowest BCUT2D eigenvalue weighted by Gasteiger charge is -2.33. The van der Waals surface area contributed by atoms with Crippen molar-refractivity contribution in [3.8, 4) is 11.3 Å². The molecule has 118 valence electrons. The summed E-state index contributed by atoms with van der Waals surface area (Å²) >= 11 is 0. The number of aryl methyl sites for hydroxylation is 1. The number of aromatic nitrogens is 2. The third-order valence-electron chi connectivity index (χ3n) is 4.66. The van der Waals surface area contributed by atoms with E-state index in [1.54, 1.807) is 0 Å². The lowest BCUT2D eigenvalue weighted by molar-refractivity contribution is 0.0696. The zero-order valence-electron chi connectivity index (χ0n) is 13.4. The van der Waals surface area contributed by atoms with Crippen LogP contribution in [0.4, 0.5) is 0 Å². The Bertz CT molecular complexity index is 598. The number of nitrogens with zero attached hydrogens (tertiary/aromatic N) is 3. The zero-order valence-corrected chi connectivity index (χ0v) is 13.4. The van der Waals surface area contributed by atoms with Crippen molar-refractivity contribution in [3.05, 3.63) is 42.1 Å². The standard InChI is InChI=1S/C18H25N3O/c1-14(22)15-8-10-21(11-9-15)13-17-12-20(2)19-18(17)16-6-4-3-5-7-16/h3-7,12,14-15,22H,8-11,13H2,1-2H3. The fourth-order valence-electron chi connectivity index (χ4n) is 3.33. The Balaban J connectivity index is 1.71. The number of rotatable bonds is 4. The van der Waals surface area contributed by atoms with Crippen molar-refractivity contribution in [3.63, 3.8) is 0 Å². The van der Waals surface area contributed by atoms with Crippen LogP contribution in [0.3, 0.4) is 0 Å². The van der Waals surface area contributed by atoms with Gasteiger partial charge in [0.15, 0.2) is 0 Å². The highest BCUT2D eigenvalue weighted by atomic mass is 16.3. The normalized spacial score (nSPS) is 18.5. The summed E-state index contributed by atoms with van der Waals surface area (Å²) < 4.78 is 1.90. The molecule has 4 heteroatoms. The van der Waals surface area contributed by atoms with E-state index in [-0.39, 0.29) is 6.10 Å². The first-order valence-electron chi connectivity index (χ1n) is 8.12. The molecule has 0 amide bonds. The third kappa shape index (κ3) is 3.39. The summed E-state index contributed by atoms with van der Waals surface area (Å²) in [6.45, 7) is 4.96. The smallest absolute Gasteiger partial charge is 0.0968 e. The molecule has 0 aliphatic carbocycles. The number of aliphatic hydroxyl groups excluding tert-OH is 1. The molecule has 1 saturated heterocycles. The molecule has 1 unspecified atom stereocenters. The van der Waals surface area contributed by atoms with Gasteiger partial charge in [0, 0.05) is 30.9 Å². The van der Waals surface area contributed by atoms with Gasteiger partial charge in [-0.3, -0.25) is 9.58 Å². The molecule has 0 radical (unpaired) electrons. The van der Waals surface area contributed by atoms with Crippen LogP contribution in [-0.4, -0.2) is 39.0 Å². The van der Waals surface area contributed by atoms with Crippen molar-refractivity contribution in [2.75, 3.05) is 13.1 Å². The van der Waals surface area contributed by atoms with E-state index in [1.165, 1.54) is 11.1 Å². The van der Waals surface area contributed by atoms with E-state index < -0.39 is 0 Å². The van der Waals surface area contributed by atoms with Crippen LogP contribution in [0.1, 0.15) is 25.3 Å². The summed E-state index contributed by atoms with van der Waals surface area (Å²) in [7, 11) is 1.98. The lowest BCUT2D eigenvalue weighted by atomic mass is 9.92. The number of aliphatic hydroxyl groups is 1. The van der Waals surface area contributed by atoms with Gasteiger partial charge in [0.05, 0.1) is 11.8 Å². The monoisotopic (exact) mass is 299 g/mol. The minimum atomic E-state index is -0.180. The third-order valence-corrected chi connectivity index (χ3v) is 4.66. The largest absolute Gasteiger partial charge is 0.393 e. The topological polar surface area (TPSA) is 41.3 Å². The zero-order chi connectivity index (χ0) is 15.5. The minimum absolute atomic E-state index is 0.180. The van der Waals surface area contributed by atoms with Crippen molar-refractivity contribution in [2.24, 2.45) is 13.0 Å². The molecule has 1 N–H and O–H groups in total. The van der Waals surface area contributed by atoms with E-state index in [0.29, 0.717) is 5.92 Å². The number of piperidine rings is 1. The first-order chi connectivity index (χ1) is 10.6. The molecule has 3 rings (SSSR count). The second kappa shape index (κ2) is 6.63. The van der Waals surface area contributed by atoms with E-state index in [1.807, 2.05) is 24.7 Å². The molecule has 4 nitrogen and oxygen atoms in total. The Hall–Kier alpha value is -1.65. The van der Waals surface area contributed by atoms with Crippen LogP contribution in [0, 0.1) is 5.92 Å². The molecule has 2 aromatic rings. The highest BCUT2D eigenvalue weighted by Gasteiger charge is 2.23. The molecule has 2 heterocycles. The Morgan fingerprint density at radius 3 is 2.55 bits per heavy atom. The lowest BCUT2D eigenvalue weighted by Crippen LogP contribution is -2.36. The van der Waals surface area contributed by atoms with Gasteiger partial charge >= 0.3 is 0 Å². The Labute approximate surface area is 132 Å². The summed E-state index contributed by atoms with van der Waals surface area (Å²) in [6, 6.07) is 10.4. The van der Waals surface area contributed by atoms with Crippen LogP contribution in [-0.2, 0) is 13.6 Å². The maximum atomic E-state index is 9.72. The van der Waals surface area contributed by atoms with Gasteiger partial charge in [-0.15, -0.1) is 0 Å². The second-order valence-electron chi connectivity index (χ2n) is 6.40. The predicted octanol–water partition coefficient (Wildman–Crippen LogP) is 2.68. The summed E-state index contributed by atoms with van der Waals surface area (Å²) in [6.07, 6.45) is 4.11. The Morgan fingerprint density at radius 1 is 1.23 bits per heavy atom. The summed E-state index contributed by atoms with van der Waals surface area (Å²) in [5, 5.41) is 14.4. The average molecular weight is 299 g/mol. The molecule has 22 heavy (non-hydrogen) atoms. The first-order valence-corrected chi connectivity index (χ1v) is 8.12. The van der Waals surface area contributed by atoms with Crippen LogP contribution in [0.2, 0.25) is 0 Å². The van der Waals surface area contributed by atoms with Gasteiger partial charge in [-0.1, -0.05) is 30.3 Å². The summed E-state index contributed by atoms with van der Waals surface area (Å²) in [5.74, 6) is 0.457. The molecule has 0 spiro atoms. The summed E-state index contributed by atoms with van der Waals surface area (Å²) in [5.41, 5.74) is 3.54. The molecule has 1 aliphatic heterocycles. The maximum Gasteiger partial charge on any atom is 0.0968 e. The van der Waals surface area contributed by atoms with Gasteiger partial charge in [-0.2, -0.15) is 5.10 Å². The molecule has 1 aliphatic rings. The second-order valence-corrected chi connectivity index (χ2v) is 6.40. The van der Waals surface area contributed by atoms with E-state index >= 15 is 0 Å². The summed E-state index contributed by atoms with van der Waals surface area (Å²) in [4.78, 5) is 2.47. The van der Waals surface area contributed by atoms with E-state index in [9.17, 15) is 5.11 Å². The number of benzene rings is 1. The van der Waals surface area contributed by atoms with E-state index in [4.69, 9.17) is 0 Å². The van der Waals surface area contributed by atoms with Crippen LogP contribution in [0.5, 0.6) is 0 Å². The quantitative estimate of drug-likeness (QED) is 0.943. The van der Waals surface area contributed by atoms with Crippen molar-refractivity contribution in [1.82, 2.24) is 14.7 Å². The van der Waals surface area contributed by atoms with Crippen LogP contribution in [0.15, 0.2) is 36.5 Å². The molecular weight excluding hydrogens is 274 g/mol. The fraction of sp³-hybridized carbons (Fsp3) is 0.500. The van der Waals surface area contributed by atoms with Gasteiger partial charge in [0.1, 0.15) is 0 Å². The molecule has 1 atom stereocenters. The Kier molecular flexibility index (Phi) is 4.60. The maximum absolute atomic E-state index is 9.72. The van der Waals surface area contributed by atoms with E-state index in [0.717, 1.165) is 38.2 Å². The van der Waals surface area contributed by atoms with Gasteiger partial charge in [0.25, 0.3) is 0 Å². The average Bonchev–Trinajstić information content (AvgIpc) is 2.89. The van der Waals surface area contributed by atoms with Gasteiger partial charge in [0.2, 0.25) is 0 Å².